The molecular formula is C20H14F3N7O. The largest absolute Gasteiger partial charge is 0.497 e. The van der Waals surface area contributed by atoms with Gasteiger partial charge in [-0.3, -0.25) is 0 Å². The van der Waals surface area contributed by atoms with Crippen molar-refractivity contribution in [2.75, 3.05) is 7.11 Å². The van der Waals surface area contributed by atoms with Gasteiger partial charge in [0.2, 0.25) is 5.65 Å². The second-order valence-corrected chi connectivity index (χ2v) is 6.76. The lowest BCUT2D eigenvalue weighted by atomic mass is 10.2. The van der Waals surface area contributed by atoms with Gasteiger partial charge >= 0.3 is 6.18 Å². The van der Waals surface area contributed by atoms with Gasteiger partial charge in [0.25, 0.3) is 0 Å². The van der Waals surface area contributed by atoms with Crippen LogP contribution in [0.2, 0.25) is 0 Å². The zero-order valence-corrected chi connectivity index (χ0v) is 16.1. The Bertz CT molecular complexity index is 1380. The molecule has 2 aromatic carbocycles. The Balaban J connectivity index is 1.76. The van der Waals surface area contributed by atoms with Crippen LogP contribution in [-0.2, 0) is 12.7 Å². The van der Waals surface area contributed by atoms with Gasteiger partial charge in [-0.25, -0.2) is 4.68 Å². The summed E-state index contributed by atoms with van der Waals surface area (Å²) in [5.41, 5.74) is 0.116. The normalized spacial score (nSPS) is 12.0. The summed E-state index contributed by atoms with van der Waals surface area (Å²) in [5.74, 6) is 0.770. The molecule has 8 nitrogen and oxygen atoms in total. The fraction of sp³-hybridized carbons (Fsp3) is 0.150. The van der Waals surface area contributed by atoms with Crippen LogP contribution in [0.5, 0.6) is 5.75 Å². The molecule has 0 aliphatic rings. The van der Waals surface area contributed by atoms with Crippen molar-refractivity contribution in [3.05, 3.63) is 65.9 Å². The van der Waals surface area contributed by atoms with E-state index in [2.05, 4.69) is 25.6 Å². The first-order valence-corrected chi connectivity index (χ1v) is 9.20. The van der Waals surface area contributed by atoms with E-state index >= 15 is 0 Å². The predicted octanol–water partition coefficient (Wildman–Crippen LogP) is 3.61. The molecule has 3 aromatic heterocycles. The highest BCUT2D eigenvalue weighted by molar-refractivity contribution is 5.90. The summed E-state index contributed by atoms with van der Waals surface area (Å²) >= 11 is 0. The van der Waals surface area contributed by atoms with Crippen molar-refractivity contribution in [3.63, 3.8) is 0 Å². The van der Waals surface area contributed by atoms with Crippen LogP contribution in [-0.4, -0.2) is 41.9 Å². The number of nitrogens with zero attached hydrogens (tertiary/aromatic N) is 7. The van der Waals surface area contributed by atoms with Gasteiger partial charge in [-0.2, -0.15) is 22.8 Å². The zero-order valence-electron chi connectivity index (χ0n) is 16.1. The summed E-state index contributed by atoms with van der Waals surface area (Å²) in [6, 6.07) is 15.9. The maximum atomic E-state index is 13.8. The first-order chi connectivity index (χ1) is 15.0. The van der Waals surface area contributed by atoms with Gasteiger partial charge < -0.3 is 4.74 Å². The minimum atomic E-state index is -4.73. The number of hydrogen-bond acceptors (Lipinski definition) is 6. The van der Waals surface area contributed by atoms with Crippen LogP contribution in [0.4, 0.5) is 13.2 Å². The molecule has 0 unspecified atom stereocenters. The summed E-state index contributed by atoms with van der Waals surface area (Å²) in [6.45, 7) is 0.221. The first-order valence-electron chi connectivity index (χ1n) is 9.20. The lowest BCUT2D eigenvalue weighted by Gasteiger charge is -2.09. The lowest BCUT2D eigenvalue weighted by molar-refractivity contribution is -0.140. The van der Waals surface area contributed by atoms with Crippen LogP contribution < -0.4 is 4.74 Å². The van der Waals surface area contributed by atoms with Crippen molar-refractivity contribution in [3.8, 4) is 17.1 Å². The Hall–Kier alpha value is -4.02. The van der Waals surface area contributed by atoms with Crippen molar-refractivity contribution in [1.82, 2.24) is 34.8 Å². The average molecular weight is 425 g/mol. The van der Waals surface area contributed by atoms with Crippen LogP contribution in [0.1, 0.15) is 11.3 Å². The molecule has 31 heavy (non-hydrogen) atoms. The average Bonchev–Trinajstić information content (AvgIpc) is 3.37. The first kappa shape index (κ1) is 19.0. The molecule has 11 heteroatoms. The minimum absolute atomic E-state index is 0.110. The minimum Gasteiger partial charge on any atom is -0.497 e. The summed E-state index contributed by atoms with van der Waals surface area (Å²) in [7, 11) is 1.52. The molecule has 0 atom stereocenters. The fourth-order valence-corrected chi connectivity index (χ4v) is 3.34. The Morgan fingerprint density at radius 2 is 1.68 bits per heavy atom. The number of hydrogen-bond donors (Lipinski definition) is 0. The maximum Gasteiger partial charge on any atom is 0.437 e. The standard InChI is InChI=1S/C20H14F3N7O/c1-31-14-9-7-13(8-10-14)18-25-26-19-16-15(17(20(21,22)23)27-30(18)19)24-28-29(16)11-12-5-3-2-4-6-12/h2-10H,11H2,1H3. The Kier molecular flexibility index (Phi) is 4.31. The lowest BCUT2D eigenvalue weighted by Crippen LogP contribution is -2.13. The molecular weight excluding hydrogens is 411 g/mol. The number of benzene rings is 2. The van der Waals surface area contributed by atoms with Gasteiger partial charge in [0.15, 0.2) is 11.5 Å². The number of alkyl halides is 3. The molecule has 0 amide bonds. The molecule has 3 heterocycles. The van der Waals surface area contributed by atoms with Gasteiger partial charge in [-0.1, -0.05) is 35.5 Å². The predicted molar refractivity (Wildman–Crippen MR) is 104 cm³/mol. The third-order valence-corrected chi connectivity index (χ3v) is 4.80. The fourth-order valence-electron chi connectivity index (χ4n) is 3.34. The van der Waals surface area contributed by atoms with Crippen LogP contribution >= 0.6 is 0 Å². The monoisotopic (exact) mass is 425 g/mol. The van der Waals surface area contributed by atoms with Gasteiger partial charge in [0.05, 0.1) is 13.7 Å². The van der Waals surface area contributed by atoms with Gasteiger partial charge in [0, 0.05) is 5.56 Å². The summed E-state index contributed by atoms with van der Waals surface area (Å²) in [4.78, 5) is 0. The van der Waals surface area contributed by atoms with Crippen LogP contribution in [0.25, 0.3) is 28.1 Å². The molecule has 5 aromatic rings. The van der Waals surface area contributed by atoms with E-state index < -0.39 is 11.9 Å². The van der Waals surface area contributed by atoms with Crippen molar-refractivity contribution < 1.29 is 17.9 Å². The van der Waals surface area contributed by atoms with E-state index in [1.165, 1.54) is 11.8 Å². The van der Waals surface area contributed by atoms with E-state index in [1.54, 1.807) is 24.3 Å². The Morgan fingerprint density at radius 1 is 0.935 bits per heavy atom. The highest BCUT2D eigenvalue weighted by Gasteiger charge is 2.38. The Morgan fingerprint density at radius 3 is 2.35 bits per heavy atom. The summed E-state index contributed by atoms with van der Waals surface area (Å²) < 4.78 is 49.0. The molecule has 0 radical (unpaired) electrons. The molecule has 0 N–H and O–H groups in total. The van der Waals surface area contributed by atoms with Gasteiger partial charge in [-0.05, 0) is 29.8 Å². The van der Waals surface area contributed by atoms with E-state index in [0.29, 0.717) is 11.3 Å². The second kappa shape index (κ2) is 7.04. The van der Waals surface area contributed by atoms with Crippen LogP contribution in [0.3, 0.4) is 0 Å². The third kappa shape index (κ3) is 3.23. The van der Waals surface area contributed by atoms with Gasteiger partial charge in [-0.15, -0.1) is 15.3 Å². The topological polar surface area (TPSA) is 83.0 Å². The number of aromatic nitrogens is 7. The highest BCUT2D eigenvalue weighted by atomic mass is 19.4. The van der Waals surface area contributed by atoms with Crippen LogP contribution in [0, 0.1) is 0 Å². The third-order valence-electron chi connectivity index (χ3n) is 4.80. The molecule has 0 spiro atoms. The Labute approximate surface area is 172 Å². The van der Waals surface area contributed by atoms with E-state index in [-0.39, 0.29) is 29.0 Å². The molecule has 0 aliphatic heterocycles. The van der Waals surface area contributed by atoms with Gasteiger partial charge in [0.1, 0.15) is 16.8 Å². The van der Waals surface area contributed by atoms with Crippen LogP contribution in [0.15, 0.2) is 54.6 Å². The summed E-state index contributed by atoms with van der Waals surface area (Å²) in [5, 5.41) is 19.7. The number of fused-ring (bicyclic) bond motifs is 3. The van der Waals surface area contributed by atoms with E-state index in [0.717, 1.165) is 10.1 Å². The quantitative estimate of drug-likeness (QED) is 0.438. The maximum absolute atomic E-state index is 13.8. The van der Waals surface area contributed by atoms with Crippen molar-refractivity contribution in [2.45, 2.75) is 12.7 Å². The SMILES string of the molecule is COc1ccc(-c2nnc3c4c(nnn4Cc4ccccc4)c(C(F)(F)F)nn23)cc1. The number of halogens is 3. The number of methoxy groups -OCH3 is 1. The zero-order chi connectivity index (χ0) is 21.6. The van der Waals surface area contributed by atoms with Crippen molar-refractivity contribution >= 4 is 16.7 Å². The van der Waals surface area contributed by atoms with E-state index in [1.807, 2.05) is 30.3 Å². The molecule has 0 saturated carbocycles. The summed E-state index contributed by atoms with van der Waals surface area (Å²) in [6.07, 6.45) is -4.73. The molecule has 0 fully saturated rings. The number of rotatable bonds is 4. The van der Waals surface area contributed by atoms with E-state index in [4.69, 9.17) is 4.74 Å². The smallest absolute Gasteiger partial charge is 0.437 e. The molecule has 0 aliphatic carbocycles. The second-order valence-electron chi connectivity index (χ2n) is 6.76. The highest BCUT2D eigenvalue weighted by Crippen LogP contribution is 2.34. The van der Waals surface area contributed by atoms with E-state index in [9.17, 15) is 13.2 Å². The number of ether oxygens (including phenoxy) is 1. The molecule has 0 saturated heterocycles. The molecule has 5 rings (SSSR count). The van der Waals surface area contributed by atoms with Crippen molar-refractivity contribution in [2.24, 2.45) is 0 Å². The molecule has 156 valence electrons. The molecule has 0 bridgehead atoms. The van der Waals surface area contributed by atoms with Crippen molar-refractivity contribution in [1.29, 1.82) is 0 Å².